The molecule has 1 unspecified atom stereocenters. The summed E-state index contributed by atoms with van der Waals surface area (Å²) in [5.41, 5.74) is 1.06. The first kappa shape index (κ1) is 12.0. The van der Waals surface area contributed by atoms with E-state index >= 15 is 0 Å². The summed E-state index contributed by atoms with van der Waals surface area (Å²) in [7, 11) is 0. The van der Waals surface area contributed by atoms with Gasteiger partial charge in [0.1, 0.15) is 16.9 Å². The van der Waals surface area contributed by atoms with Gasteiger partial charge in [0.15, 0.2) is 0 Å². The van der Waals surface area contributed by atoms with Crippen molar-refractivity contribution in [3.63, 3.8) is 0 Å². The van der Waals surface area contributed by atoms with E-state index < -0.39 is 0 Å². The number of furan rings is 1. The summed E-state index contributed by atoms with van der Waals surface area (Å²) in [4.78, 5) is 1.03. The molecule has 2 aromatic heterocycles. The van der Waals surface area contributed by atoms with Gasteiger partial charge < -0.3 is 4.42 Å². The Morgan fingerprint density at radius 3 is 2.69 bits per heavy atom. The molecule has 2 aromatic rings. The summed E-state index contributed by atoms with van der Waals surface area (Å²) < 4.78 is 6.42. The van der Waals surface area contributed by atoms with Crippen LogP contribution in [0, 0.1) is 6.92 Å². The average Bonchev–Trinajstić information content (AvgIpc) is 2.86. The second-order valence-electron chi connectivity index (χ2n) is 3.63. The van der Waals surface area contributed by atoms with Crippen LogP contribution in [-0.4, -0.2) is 0 Å². The first-order valence-corrected chi connectivity index (χ1v) is 6.73. The van der Waals surface area contributed by atoms with E-state index in [1.807, 2.05) is 25.1 Å². The smallest absolute Gasteiger partial charge is 0.127 e. The molecule has 0 aliphatic carbocycles. The van der Waals surface area contributed by atoms with Gasteiger partial charge in [0.25, 0.3) is 0 Å². The van der Waals surface area contributed by atoms with Crippen molar-refractivity contribution in [3.05, 3.63) is 44.5 Å². The van der Waals surface area contributed by atoms with Crippen molar-refractivity contribution in [3.8, 4) is 0 Å². The summed E-state index contributed by atoms with van der Waals surface area (Å²) in [6.45, 7) is 4.03. The molecule has 0 spiro atoms. The van der Waals surface area contributed by atoms with E-state index in [1.54, 1.807) is 0 Å². The molecule has 4 heteroatoms. The molecule has 0 radical (unpaired) electrons. The maximum absolute atomic E-state index is 6.35. The molecule has 16 heavy (non-hydrogen) atoms. The zero-order valence-electron chi connectivity index (χ0n) is 9.09. The Balaban J connectivity index is 2.27. The van der Waals surface area contributed by atoms with E-state index in [0.717, 1.165) is 32.7 Å². The summed E-state index contributed by atoms with van der Waals surface area (Å²) in [5, 5.41) is -0.239. The highest BCUT2D eigenvalue weighted by Crippen LogP contribution is 2.38. The van der Waals surface area contributed by atoms with Gasteiger partial charge in [0.05, 0.1) is 4.34 Å². The highest BCUT2D eigenvalue weighted by Gasteiger charge is 2.18. The molecule has 86 valence electrons. The summed E-state index contributed by atoms with van der Waals surface area (Å²) in [5.74, 6) is 1.75. The largest absolute Gasteiger partial charge is 0.464 e. The molecule has 2 heterocycles. The van der Waals surface area contributed by atoms with Crippen LogP contribution in [0.25, 0.3) is 0 Å². The van der Waals surface area contributed by atoms with Gasteiger partial charge in [-0.15, -0.1) is 22.9 Å². The van der Waals surface area contributed by atoms with Gasteiger partial charge in [-0.25, -0.2) is 0 Å². The quantitative estimate of drug-likeness (QED) is 0.702. The van der Waals surface area contributed by atoms with Crippen molar-refractivity contribution in [2.24, 2.45) is 0 Å². The van der Waals surface area contributed by atoms with Crippen molar-refractivity contribution >= 4 is 34.5 Å². The fourth-order valence-corrected chi connectivity index (χ4v) is 2.99. The molecule has 1 nitrogen and oxygen atoms in total. The standard InChI is InChI=1S/C12H12Cl2OS/c1-3-8-4-5-9(15-8)11(13)10-6-7(2)12(14)16-10/h4-6,11H,3H2,1-2H3. The van der Waals surface area contributed by atoms with E-state index in [0.29, 0.717) is 0 Å². The fourth-order valence-electron chi connectivity index (χ4n) is 1.47. The topological polar surface area (TPSA) is 13.1 Å². The predicted octanol–water partition coefficient (Wildman–Crippen LogP) is 5.19. The molecule has 0 aromatic carbocycles. The van der Waals surface area contributed by atoms with Gasteiger partial charge in [-0.1, -0.05) is 18.5 Å². The van der Waals surface area contributed by atoms with Crippen LogP contribution in [0.1, 0.15) is 34.3 Å². The Morgan fingerprint density at radius 1 is 1.44 bits per heavy atom. The maximum atomic E-state index is 6.35. The predicted molar refractivity (Wildman–Crippen MR) is 69.8 cm³/mol. The van der Waals surface area contributed by atoms with Crippen LogP contribution in [0.2, 0.25) is 4.34 Å². The molecular formula is C12H12Cl2OS. The Bertz CT molecular complexity index is 467. The van der Waals surface area contributed by atoms with Gasteiger partial charge in [-0.05, 0) is 30.7 Å². The van der Waals surface area contributed by atoms with Crippen LogP contribution in [0.15, 0.2) is 22.6 Å². The summed E-state index contributed by atoms with van der Waals surface area (Å²) in [6, 6.07) is 5.91. The number of aryl methyl sites for hydroxylation is 2. The highest BCUT2D eigenvalue weighted by molar-refractivity contribution is 7.16. The summed E-state index contributed by atoms with van der Waals surface area (Å²) in [6.07, 6.45) is 0.883. The molecule has 0 aliphatic heterocycles. The SMILES string of the molecule is CCc1ccc(C(Cl)c2cc(C)c(Cl)s2)o1. The molecule has 0 amide bonds. The van der Waals surface area contributed by atoms with Crippen molar-refractivity contribution in [1.29, 1.82) is 0 Å². The first-order valence-electron chi connectivity index (χ1n) is 5.10. The average molecular weight is 275 g/mol. The van der Waals surface area contributed by atoms with E-state index in [-0.39, 0.29) is 5.38 Å². The second kappa shape index (κ2) is 4.82. The van der Waals surface area contributed by atoms with Crippen LogP contribution >= 0.6 is 34.5 Å². The number of halogens is 2. The van der Waals surface area contributed by atoms with E-state index in [4.69, 9.17) is 27.6 Å². The van der Waals surface area contributed by atoms with E-state index in [2.05, 4.69) is 6.92 Å². The van der Waals surface area contributed by atoms with Gasteiger partial charge in [-0.3, -0.25) is 0 Å². The minimum absolute atomic E-state index is 0.239. The van der Waals surface area contributed by atoms with Crippen molar-refractivity contribution in [1.82, 2.24) is 0 Å². The lowest BCUT2D eigenvalue weighted by Gasteiger charge is -2.02. The minimum Gasteiger partial charge on any atom is -0.464 e. The molecular weight excluding hydrogens is 263 g/mol. The normalized spacial score (nSPS) is 13.0. The van der Waals surface area contributed by atoms with Crippen LogP contribution in [-0.2, 0) is 6.42 Å². The molecule has 0 saturated carbocycles. The van der Waals surface area contributed by atoms with E-state index in [9.17, 15) is 0 Å². The highest BCUT2D eigenvalue weighted by atomic mass is 35.5. The summed E-state index contributed by atoms with van der Waals surface area (Å²) >= 11 is 13.9. The number of alkyl halides is 1. The Morgan fingerprint density at radius 2 is 2.19 bits per heavy atom. The van der Waals surface area contributed by atoms with Crippen molar-refractivity contribution < 1.29 is 4.42 Å². The Labute approximate surface area is 109 Å². The third kappa shape index (κ3) is 2.29. The molecule has 0 bridgehead atoms. The number of hydrogen-bond acceptors (Lipinski definition) is 2. The van der Waals surface area contributed by atoms with Crippen LogP contribution in [0.4, 0.5) is 0 Å². The zero-order valence-corrected chi connectivity index (χ0v) is 11.4. The molecule has 0 N–H and O–H groups in total. The maximum Gasteiger partial charge on any atom is 0.127 e. The van der Waals surface area contributed by atoms with Gasteiger partial charge >= 0.3 is 0 Å². The third-order valence-electron chi connectivity index (χ3n) is 2.41. The molecule has 0 aliphatic rings. The lowest BCUT2D eigenvalue weighted by atomic mass is 10.2. The lowest BCUT2D eigenvalue weighted by Crippen LogP contribution is -1.86. The minimum atomic E-state index is -0.239. The number of hydrogen-bond donors (Lipinski definition) is 0. The lowest BCUT2D eigenvalue weighted by molar-refractivity contribution is 0.475. The number of thiophene rings is 1. The molecule has 1 atom stereocenters. The monoisotopic (exact) mass is 274 g/mol. The van der Waals surface area contributed by atoms with Crippen LogP contribution in [0.5, 0.6) is 0 Å². The van der Waals surface area contributed by atoms with Gasteiger partial charge in [0, 0.05) is 11.3 Å². The second-order valence-corrected chi connectivity index (χ2v) is 5.75. The zero-order chi connectivity index (χ0) is 11.7. The molecule has 2 rings (SSSR count). The fraction of sp³-hybridized carbons (Fsp3) is 0.333. The Hall–Kier alpha value is -0.440. The van der Waals surface area contributed by atoms with Gasteiger partial charge in [0.2, 0.25) is 0 Å². The van der Waals surface area contributed by atoms with E-state index in [1.165, 1.54) is 11.3 Å². The van der Waals surface area contributed by atoms with Gasteiger partial charge in [-0.2, -0.15) is 0 Å². The molecule has 0 fully saturated rings. The first-order chi connectivity index (χ1) is 7.61. The van der Waals surface area contributed by atoms with Crippen molar-refractivity contribution in [2.45, 2.75) is 25.6 Å². The number of rotatable bonds is 3. The molecule has 0 saturated heterocycles. The Kier molecular flexibility index (Phi) is 3.63. The van der Waals surface area contributed by atoms with Crippen LogP contribution in [0.3, 0.4) is 0 Å². The van der Waals surface area contributed by atoms with Crippen LogP contribution < -0.4 is 0 Å². The third-order valence-corrected chi connectivity index (χ3v) is 4.61. The van der Waals surface area contributed by atoms with Crippen molar-refractivity contribution in [2.75, 3.05) is 0 Å².